The molecule has 0 spiro atoms. The number of ether oxygens (including phenoxy) is 2. The first-order valence-electron chi connectivity index (χ1n) is 20.9. The van der Waals surface area contributed by atoms with Crippen molar-refractivity contribution in [2.24, 2.45) is 29.6 Å². The number of nitrogens with zero attached hydrogens (tertiary/aromatic N) is 1. The number of hydrogen-bond acceptors (Lipinski definition) is 10. The van der Waals surface area contributed by atoms with Crippen LogP contribution in [0, 0.1) is 29.6 Å². The lowest BCUT2D eigenvalue weighted by Gasteiger charge is -2.38. The second kappa shape index (κ2) is 22.7. The van der Waals surface area contributed by atoms with Gasteiger partial charge in [0.2, 0.25) is 23.6 Å². The molecular formula is C41H67N3O10. The van der Waals surface area contributed by atoms with Gasteiger partial charge in [-0.2, -0.15) is 0 Å². The SMILES string of the molecule is CC1C=CC(CCC(=O)NCCNC(=O)CCCCCO[C@@H]2OC(C)[C@H](O)[C@@H](O)C2O)C2C(=O)N(CCC(=O)CCC3CCCCCCCCC3)C(=O)C12. The van der Waals surface area contributed by atoms with Gasteiger partial charge in [-0.1, -0.05) is 83.3 Å². The second-order valence-corrected chi connectivity index (χ2v) is 16.1. The van der Waals surface area contributed by atoms with Crippen LogP contribution in [0.4, 0.5) is 0 Å². The quantitative estimate of drug-likeness (QED) is 0.0737. The van der Waals surface area contributed by atoms with Crippen molar-refractivity contribution in [2.75, 3.05) is 26.2 Å². The third kappa shape index (κ3) is 13.2. The number of unbranched alkanes of at least 4 members (excludes halogenated alkanes) is 2. The van der Waals surface area contributed by atoms with E-state index in [1.807, 2.05) is 19.1 Å². The standard InChI is InChI=1S/C41H67N3O10/c1-27-16-18-30(35-34(27)39(51)44(40(35)52)25-22-31(45)20-17-29-13-9-6-4-3-5-7-10-14-29)19-21-33(47)43-24-23-42-32(46)15-11-8-12-26-53-41-38(50)37(49)36(48)28(2)54-41/h16,18,27-30,34-38,41,48-50H,3-15,17,19-26H2,1-2H3,(H,42,46)(H,43,47)/t27?,28?,30?,34?,35?,36-,37+,38?,41+/m0/s1. The van der Waals surface area contributed by atoms with E-state index in [1.54, 1.807) is 6.92 Å². The van der Waals surface area contributed by atoms with Crippen LogP contribution >= 0.6 is 0 Å². The minimum atomic E-state index is -1.34. The smallest absolute Gasteiger partial charge is 0.233 e. The van der Waals surface area contributed by atoms with Gasteiger partial charge in [-0.05, 0) is 50.4 Å². The fraction of sp³-hybridized carbons (Fsp3) is 0.829. The molecule has 0 bridgehead atoms. The molecule has 2 aliphatic carbocycles. The van der Waals surface area contributed by atoms with Crippen molar-refractivity contribution in [1.29, 1.82) is 0 Å². The average Bonchev–Trinajstić information content (AvgIpc) is 3.42. The van der Waals surface area contributed by atoms with Crippen molar-refractivity contribution >= 4 is 29.4 Å². The number of nitrogens with one attached hydrogen (secondary N) is 2. The van der Waals surface area contributed by atoms with Crippen molar-refractivity contribution in [1.82, 2.24) is 15.5 Å². The molecule has 4 rings (SSSR count). The summed E-state index contributed by atoms with van der Waals surface area (Å²) in [6.07, 6.45) is 14.2. The predicted octanol–water partition coefficient (Wildman–Crippen LogP) is 3.71. The molecule has 0 aromatic rings. The second-order valence-electron chi connectivity index (χ2n) is 16.1. The van der Waals surface area contributed by atoms with Crippen LogP contribution in [-0.4, -0.2) is 107 Å². The summed E-state index contributed by atoms with van der Waals surface area (Å²) in [6.45, 7) is 4.49. The molecule has 3 fully saturated rings. The van der Waals surface area contributed by atoms with E-state index in [4.69, 9.17) is 9.47 Å². The molecule has 54 heavy (non-hydrogen) atoms. The molecule has 0 aromatic carbocycles. The summed E-state index contributed by atoms with van der Waals surface area (Å²) >= 11 is 0. The minimum absolute atomic E-state index is 0.0956. The number of hydrogen-bond donors (Lipinski definition) is 5. The number of fused-ring (bicyclic) bond motifs is 1. The van der Waals surface area contributed by atoms with Crippen LogP contribution in [0.1, 0.15) is 129 Å². The minimum Gasteiger partial charge on any atom is -0.388 e. The normalized spacial score (nSPS) is 30.9. The molecule has 2 aliphatic heterocycles. The number of amides is 4. The monoisotopic (exact) mass is 761 g/mol. The van der Waals surface area contributed by atoms with E-state index < -0.39 is 42.5 Å². The average molecular weight is 762 g/mol. The van der Waals surface area contributed by atoms with Gasteiger partial charge in [0.15, 0.2) is 6.29 Å². The largest absolute Gasteiger partial charge is 0.388 e. The lowest BCUT2D eigenvalue weighted by molar-refractivity contribution is -0.293. The number of carbonyl (C=O) groups excluding carboxylic acids is 5. The molecule has 4 amide bonds. The maximum atomic E-state index is 13.6. The summed E-state index contributed by atoms with van der Waals surface area (Å²) in [5.41, 5.74) is 0. The van der Waals surface area contributed by atoms with Crippen LogP contribution in [0.3, 0.4) is 0 Å². The van der Waals surface area contributed by atoms with Crippen molar-refractivity contribution in [3.63, 3.8) is 0 Å². The molecule has 13 heteroatoms. The van der Waals surface area contributed by atoms with Gasteiger partial charge in [0, 0.05) is 51.9 Å². The van der Waals surface area contributed by atoms with E-state index in [-0.39, 0.29) is 80.3 Å². The Labute approximate surface area is 321 Å². The Morgan fingerprint density at radius 3 is 2.06 bits per heavy atom. The van der Waals surface area contributed by atoms with E-state index in [0.29, 0.717) is 44.4 Å². The fourth-order valence-corrected chi connectivity index (χ4v) is 8.53. The zero-order valence-corrected chi connectivity index (χ0v) is 32.6. The zero-order valence-electron chi connectivity index (χ0n) is 32.6. The summed E-state index contributed by atoms with van der Waals surface area (Å²) in [6, 6.07) is 0. The third-order valence-corrected chi connectivity index (χ3v) is 12.0. The molecule has 5 N–H and O–H groups in total. The number of Topliss-reactive ketones (excluding diaryl/α,β-unsaturated/α-hetero) is 1. The molecule has 4 aliphatic rings. The maximum absolute atomic E-state index is 13.6. The van der Waals surface area contributed by atoms with E-state index in [0.717, 1.165) is 6.42 Å². The first-order valence-corrected chi connectivity index (χ1v) is 20.9. The molecular weight excluding hydrogens is 694 g/mol. The van der Waals surface area contributed by atoms with Crippen LogP contribution in [0.15, 0.2) is 12.2 Å². The van der Waals surface area contributed by atoms with Gasteiger partial charge in [0.05, 0.1) is 17.9 Å². The molecule has 306 valence electrons. The van der Waals surface area contributed by atoms with Crippen molar-refractivity contribution < 1.29 is 48.8 Å². The lowest BCUT2D eigenvalue weighted by atomic mass is 9.71. The molecule has 0 aromatic heterocycles. The summed E-state index contributed by atoms with van der Waals surface area (Å²) in [5.74, 6) is -1.38. The Hall–Kier alpha value is -2.71. The number of ketones is 1. The molecule has 13 nitrogen and oxygen atoms in total. The molecule has 9 atom stereocenters. The highest BCUT2D eigenvalue weighted by Crippen LogP contribution is 2.43. The number of rotatable bonds is 19. The Bertz CT molecular complexity index is 1250. The van der Waals surface area contributed by atoms with E-state index in [9.17, 15) is 39.3 Å². The fourth-order valence-electron chi connectivity index (χ4n) is 8.53. The summed E-state index contributed by atoms with van der Waals surface area (Å²) < 4.78 is 10.9. The molecule has 6 unspecified atom stereocenters. The van der Waals surface area contributed by atoms with E-state index in [1.165, 1.54) is 62.7 Å². The van der Waals surface area contributed by atoms with Gasteiger partial charge in [-0.3, -0.25) is 28.9 Å². The van der Waals surface area contributed by atoms with Crippen molar-refractivity contribution in [2.45, 2.75) is 160 Å². The number of aliphatic hydroxyl groups is 3. The number of likely N-dealkylation sites (tertiary alicyclic amines) is 1. The van der Waals surface area contributed by atoms with Gasteiger partial charge in [-0.25, -0.2) is 0 Å². The number of aliphatic hydroxyl groups excluding tert-OH is 3. The first kappa shape index (κ1) is 44.0. The van der Waals surface area contributed by atoms with Crippen LogP contribution < -0.4 is 10.6 Å². The number of carbonyl (C=O) groups is 5. The Balaban J connectivity index is 1.08. The van der Waals surface area contributed by atoms with Crippen LogP contribution in [0.25, 0.3) is 0 Å². The van der Waals surface area contributed by atoms with Crippen molar-refractivity contribution in [3.05, 3.63) is 12.2 Å². The molecule has 2 heterocycles. The van der Waals surface area contributed by atoms with Gasteiger partial charge in [-0.15, -0.1) is 0 Å². The maximum Gasteiger partial charge on any atom is 0.233 e. The molecule has 1 saturated carbocycles. The lowest BCUT2D eigenvalue weighted by Crippen LogP contribution is -2.57. The predicted molar refractivity (Wildman–Crippen MR) is 201 cm³/mol. The van der Waals surface area contributed by atoms with Gasteiger partial charge in [0.1, 0.15) is 24.1 Å². The topological polar surface area (TPSA) is 192 Å². The zero-order chi connectivity index (χ0) is 39.0. The first-order chi connectivity index (χ1) is 26.0. The highest BCUT2D eigenvalue weighted by atomic mass is 16.7. The van der Waals surface area contributed by atoms with Crippen LogP contribution in [-0.2, 0) is 33.4 Å². The van der Waals surface area contributed by atoms with E-state index >= 15 is 0 Å². The summed E-state index contributed by atoms with van der Waals surface area (Å²) in [5, 5.41) is 35.3. The number of allylic oxidation sites excluding steroid dienone is 2. The highest BCUT2D eigenvalue weighted by Gasteiger charge is 2.53. The van der Waals surface area contributed by atoms with Gasteiger partial charge < -0.3 is 35.4 Å². The molecule has 0 radical (unpaired) electrons. The van der Waals surface area contributed by atoms with E-state index in [2.05, 4.69) is 10.6 Å². The Morgan fingerprint density at radius 2 is 1.37 bits per heavy atom. The van der Waals surface area contributed by atoms with Crippen LogP contribution in [0.2, 0.25) is 0 Å². The summed E-state index contributed by atoms with van der Waals surface area (Å²) in [4.78, 5) is 66.2. The highest BCUT2D eigenvalue weighted by molar-refractivity contribution is 6.06. The molecule has 2 saturated heterocycles. The van der Waals surface area contributed by atoms with Crippen LogP contribution in [0.5, 0.6) is 0 Å². The number of imide groups is 1. The Morgan fingerprint density at radius 1 is 0.741 bits per heavy atom. The Kier molecular flexibility index (Phi) is 18.5. The van der Waals surface area contributed by atoms with Gasteiger partial charge >= 0.3 is 0 Å². The summed E-state index contributed by atoms with van der Waals surface area (Å²) in [7, 11) is 0. The van der Waals surface area contributed by atoms with Gasteiger partial charge in [0.25, 0.3) is 0 Å². The third-order valence-electron chi connectivity index (χ3n) is 12.0. The van der Waals surface area contributed by atoms with Crippen molar-refractivity contribution in [3.8, 4) is 0 Å².